The molecule has 3 nitrogen and oxygen atoms in total. The molecule has 1 aromatic carbocycles. The summed E-state index contributed by atoms with van der Waals surface area (Å²) in [6, 6.07) is 10.4. The molecule has 0 aliphatic carbocycles. The van der Waals surface area contributed by atoms with E-state index in [0.717, 1.165) is 5.69 Å². The minimum Gasteiger partial charge on any atom is -0.304 e. The van der Waals surface area contributed by atoms with Gasteiger partial charge in [-0.3, -0.25) is 0 Å². The molecule has 0 saturated heterocycles. The third-order valence-corrected chi connectivity index (χ3v) is 2.59. The molecule has 1 unspecified atom stereocenters. The van der Waals surface area contributed by atoms with Crippen molar-refractivity contribution in [1.82, 2.24) is 15.5 Å². The van der Waals surface area contributed by atoms with Gasteiger partial charge in [0.15, 0.2) is 0 Å². The van der Waals surface area contributed by atoms with Crippen molar-refractivity contribution in [2.24, 2.45) is 0 Å². The molecule has 88 valence electrons. The predicted molar refractivity (Wildman–Crippen MR) is 63.7 cm³/mol. The molecule has 0 fully saturated rings. The standard InChI is InChI=1S/C13H14FN3/c1-10(12-6-2-3-7-13(12)14)15-9-11-5-4-8-16-17-11/h2-8,10,15H,9H2,1H3. The molecular formula is C13H14FN3. The van der Waals surface area contributed by atoms with E-state index >= 15 is 0 Å². The zero-order chi connectivity index (χ0) is 12.1. The molecule has 1 N–H and O–H groups in total. The summed E-state index contributed by atoms with van der Waals surface area (Å²) in [5.41, 5.74) is 1.51. The molecule has 1 atom stereocenters. The van der Waals surface area contributed by atoms with Crippen molar-refractivity contribution >= 4 is 0 Å². The molecule has 1 aromatic heterocycles. The van der Waals surface area contributed by atoms with Gasteiger partial charge in [-0.2, -0.15) is 10.2 Å². The van der Waals surface area contributed by atoms with Crippen LogP contribution in [0.2, 0.25) is 0 Å². The molecule has 1 heterocycles. The maximum atomic E-state index is 13.5. The molecule has 4 heteroatoms. The third-order valence-electron chi connectivity index (χ3n) is 2.59. The summed E-state index contributed by atoms with van der Waals surface area (Å²) in [7, 11) is 0. The Hall–Kier alpha value is -1.81. The first kappa shape index (κ1) is 11.7. The van der Waals surface area contributed by atoms with Crippen LogP contribution < -0.4 is 5.32 Å². The van der Waals surface area contributed by atoms with Crippen molar-refractivity contribution in [1.29, 1.82) is 0 Å². The second-order valence-electron chi connectivity index (χ2n) is 3.84. The Bertz CT molecular complexity index is 473. The highest BCUT2D eigenvalue weighted by molar-refractivity contribution is 5.20. The molecule has 0 aliphatic rings. The first-order chi connectivity index (χ1) is 8.27. The van der Waals surface area contributed by atoms with Gasteiger partial charge < -0.3 is 5.32 Å². The Balaban J connectivity index is 1.99. The highest BCUT2D eigenvalue weighted by Crippen LogP contribution is 2.16. The Morgan fingerprint density at radius 3 is 2.76 bits per heavy atom. The lowest BCUT2D eigenvalue weighted by Crippen LogP contribution is -2.19. The predicted octanol–water partition coefficient (Wildman–Crippen LogP) is 2.47. The van der Waals surface area contributed by atoms with Gasteiger partial charge in [-0.15, -0.1) is 0 Å². The van der Waals surface area contributed by atoms with E-state index < -0.39 is 0 Å². The molecule has 17 heavy (non-hydrogen) atoms. The summed E-state index contributed by atoms with van der Waals surface area (Å²) in [4.78, 5) is 0. The van der Waals surface area contributed by atoms with Crippen LogP contribution in [0.3, 0.4) is 0 Å². The van der Waals surface area contributed by atoms with Gasteiger partial charge in [0.2, 0.25) is 0 Å². The van der Waals surface area contributed by atoms with Crippen molar-refractivity contribution < 1.29 is 4.39 Å². The van der Waals surface area contributed by atoms with Crippen LogP contribution in [0.1, 0.15) is 24.2 Å². The minimum absolute atomic E-state index is 0.0572. The van der Waals surface area contributed by atoms with Crippen LogP contribution in [0.5, 0.6) is 0 Å². The number of hydrogen-bond acceptors (Lipinski definition) is 3. The number of nitrogens with zero attached hydrogens (tertiary/aromatic N) is 2. The molecular weight excluding hydrogens is 217 g/mol. The molecule has 0 spiro atoms. The largest absolute Gasteiger partial charge is 0.304 e. The molecule has 0 radical (unpaired) electrons. The Morgan fingerprint density at radius 1 is 1.24 bits per heavy atom. The van der Waals surface area contributed by atoms with Gasteiger partial charge in [-0.25, -0.2) is 4.39 Å². The Labute approximate surface area is 99.7 Å². The smallest absolute Gasteiger partial charge is 0.127 e. The van der Waals surface area contributed by atoms with Gasteiger partial charge in [0.25, 0.3) is 0 Å². The lowest BCUT2D eigenvalue weighted by atomic mass is 10.1. The normalized spacial score (nSPS) is 12.4. The first-order valence-corrected chi connectivity index (χ1v) is 5.52. The summed E-state index contributed by atoms with van der Waals surface area (Å²) < 4.78 is 13.5. The fourth-order valence-corrected chi connectivity index (χ4v) is 1.62. The van der Waals surface area contributed by atoms with Crippen LogP contribution in [0.15, 0.2) is 42.6 Å². The average molecular weight is 231 g/mol. The van der Waals surface area contributed by atoms with Crippen LogP contribution in [0.25, 0.3) is 0 Å². The quantitative estimate of drug-likeness (QED) is 0.878. The van der Waals surface area contributed by atoms with Crippen molar-refractivity contribution in [2.75, 3.05) is 0 Å². The van der Waals surface area contributed by atoms with Gasteiger partial charge >= 0.3 is 0 Å². The van der Waals surface area contributed by atoms with Crippen molar-refractivity contribution in [3.05, 3.63) is 59.7 Å². The topological polar surface area (TPSA) is 37.8 Å². The number of nitrogens with one attached hydrogen (secondary N) is 1. The number of halogens is 1. The van der Waals surface area contributed by atoms with E-state index in [9.17, 15) is 4.39 Å². The second-order valence-corrected chi connectivity index (χ2v) is 3.84. The van der Waals surface area contributed by atoms with E-state index in [1.165, 1.54) is 6.07 Å². The molecule has 0 saturated carbocycles. The summed E-state index contributed by atoms with van der Waals surface area (Å²) >= 11 is 0. The lowest BCUT2D eigenvalue weighted by Gasteiger charge is -2.14. The van der Waals surface area contributed by atoms with Crippen molar-refractivity contribution in [3.8, 4) is 0 Å². The summed E-state index contributed by atoms with van der Waals surface area (Å²) in [5, 5.41) is 11.0. The summed E-state index contributed by atoms with van der Waals surface area (Å²) in [5.74, 6) is -0.188. The van der Waals surface area contributed by atoms with Crippen LogP contribution in [-0.4, -0.2) is 10.2 Å². The number of hydrogen-bond donors (Lipinski definition) is 1. The van der Waals surface area contributed by atoms with Crippen LogP contribution >= 0.6 is 0 Å². The zero-order valence-electron chi connectivity index (χ0n) is 9.60. The molecule has 0 aliphatic heterocycles. The van der Waals surface area contributed by atoms with Gasteiger partial charge in [0, 0.05) is 24.3 Å². The van der Waals surface area contributed by atoms with Crippen molar-refractivity contribution in [2.45, 2.75) is 19.5 Å². The fraction of sp³-hybridized carbons (Fsp3) is 0.231. The maximum absolute atomic E-state index is 13.5. The number of aromatic nitrogens is 2. The number of benzene rings is 1. The highest BCUT2D eigenvalue weighted by Gasteiger charge is 2.09. The van der Waals surface area contributed by atoms with E-state index in [0.29, 0.717) is 12.1 Å². The lowest BCUT2D eigenvalue weighted by molar-refractivity contribution is 0.523. The maximum Gasteiger partial charge on any atom is 0.127 e. The van der Waals surface area contributed by atoms with E-state index in [-0.39, 0.29) is 11.9 Å². The van der Waals surface area contributed by atoms with Gasteiger partial charge in [0.05, 0.1) is 5.69 Å². The van der Waals surface area contributed by atoms with Gasteiger partial charge in [-0.1, -0.05) is 18.2 Å². The molecule has 2 rings (SSSR count). The van der Waals surface area contributed by atoms with Crippen LogP contribution in [0, 0.1) is 5.82 Å². The SMILES string of the molecule is CC(NCc1cccnn1)c1ccccc1F. The molecule has 0 bridgehead atoms. The van der Waals surface area contributed by atoms with Crippen LogP contribution in [-0.2, 0) is 6.54 Å². The van der Waals surface area contributed by atoms with E-state index in [1.807, 2.05) is 25.1 Å². The average Bonchev–Trinajstić information content (AvgIpc) is 2.38. The van der Waals surface area contributed by atoms with Gasteiger partial charge in [0.1, 0.15) is 5.82 Å². The second kappa shape index (κ2) is 5.50. The Morgan fingerprint density at radius 2 is 2.06 bits per heavy atom. The molecule has 0 amide bonds. The minimum atomic E-state index is -0.188. The van der Waals surface area contributed by atoms with E-state index in [2.05, 4.69) is 15.5 Å². The summed E-state index contributed by atoms with van der Waals surface area (Å²) in [6.07, 6.45) is 1.63. The zero-order valence-corrected chi connectivity index (χ0v) is 9.60. The molecule has 2 aromatic rings. The third kappa shape index (κ3) is 3.07. The van der Waals surface area contributed by atoms with Gasteiger partial charge in [-0.05, 0) is 25.1 Å². The number of rotatable bonds is 4. The van der Waals surface area contributed by atoms with Crippen molar-refractivity contribution in [3.63, 3.8) is 0 Å². The van der Waals surface area contributed by atoms with E-state index in [4.69, 9.17) is 0 Å². The van der Waals surface area contributed by atoms with E-state index in [1.54, 1.807) is 18.3 Å². The summed E-state index contributed by atoms with van der Waals surface area (Å²) in [6.45, 7) is 2.50. The van der Waals surface area contributed by atoms with Crippen LogP contribution in [0.4, 0.5) is 4.39 Å². The highest BCUT2D eigenvalue weighted by atomic mass is 19.1. The first-order valence-electron chi connectivity index (χ1n) is 5.52. The Kier molecular flexibility index (Phi) is 3.77. The monoisotopic (exact) mass is 231 g/mol. The fourth-order valence-electron chi connectivity index (χ4n) is 1.62.